The molecule has 1 aliphatic heterocycles. The number of hydrogen-bond acceptors (Lipinski definition) is 3. The molecule has 3 nitrogen and oxygen atoms in total. The number of piperidine rings is 1. The molecule has 0 saturated carbocycles. The lowest BCUT2D eigenvalue weighted by Crippen LogP contribution is -2.37. The van der Waals surface area contributed by atoms with Gasteiger partial charge in [0.2, 0.25) is 0 Å². The average molecular weight is 194 g/mol. The molecule has 78 valence electrons. The third-order valence-electron chi connectivity index (χ3n) is 2.96. The Balaban J connectivity index is 2.14. The molecule has 1 fully saturated rings. The van der Waals surface area contributed by atoms with Crippen LogP contribution in [0.25, 0.3) is 0 Å². The predicted octanol–water partition coefficient (Wildman–Crippen LogP) is 1.59. The van der Waals surface area contributed by atoms with Gasteiger partial charge in [0.25, 0.3) is 0 Å². The Morgan fingerprint density at radius 2 is 2.43 bits per heavy atom. The summed E-state index contributed by atoms with van der Waals surface area (Å²) in [4.78, 5) is 0. The Morgan fingerprint density at radius 3 is 3.07 bits per heavy atom. The van der Waals surface area contributed by atoms with Crippen molar-refractivity contribution in [2.75, 3.05) is 13.1 Å². The summed E-state index contributed by atoms with van der Waals surface area (Å²) in [5, 5.41) is 3.48. The highest BCUT2D eigenvalue weighted by atomic mass is 16.3. The summed E-state index contributed by atoms with van der Waals surface area (Å²) >= 11 is 0. The minimum atomic E-state index is 0.322. The summed E-state index contributed by atoms with van der Waals surface area (Å²) < 4.78 is 5.64. The molecule has 0 aliphatic carbocycles. The molecule has 1 saturated heterocycles. The van der Waals surface area contributed by atoms with Crippen LogP contribution in [0.4, 0.5) is 0 Å². The number of nitrogens with one attached hydrogen (secondary N) is 1. The zero-order valence-corrected chi connectivity index (χ0v) is 8.62. The van der Waals surface area contributed by atoms with E-state index in [1.165, 1.54) is 12.8 Å². The summed E-state index contributed by atoms with van der Waals surface area (Å²) in [5.74, 6) is 2.54. The third kappa shape index (κ3) is 1.83. The lowest BCUT2D eigenvalue weighted by Gasteiger charge is -2.30. The van der Waals surface area contributed by atoms with Crippen LogP contribution in [0.2, 0.25) is 0 Å². The molecule has 14 heavy (non-hydrogen) atoms. The van der Waals surface area contributed by atoms with Gasteiger partial charge in [-0.3, -0.25) is 0 Å². The van der Waals surface area contributed by atoms with Crippen molar-refractivity contribution in [3.05, 3.63) is 23.7 Å². The van der Waals surface area contributed by atoms with E-state index >= 15 is 0 Å². The smallest absolute Gasteiger partial charge is 0.121 e. The van der Waals surface area contributed by atoms with Crippen molar-refractivity contribution in [3.8, 4) is 0 Å². The molecule has 0 bridgehead atoms. The average Bonchev–Trinajstić information content (AvgIpc) is 2.65. The first-order chi connectivity index (χ1) is 6.81. The highest BCUT2D eigenvalue weighted by Crippen LogP contribution is 2.29. The van der Waals surface area contributed by atoms with Gasteiger partial charge in [0, 0.05) is 0 Å². The van der Waals surface area contributed by atoms with Crippen molar-refractivity contribution in [1.29, 1.82) is 0 Å². The van der Waals surface area contributed by atoms with Crippen molar-refractivity contribution >= 4 is 0 Å². The largest absolute Gasteiger partial charge is 0.465 e. The van der Waals surface area contributed by atoms with E-state index in [4.69, 9.17) is 10.2 Å². The quantitative estimate of drug-likeness (QED) is 0.751. The Kier molecular flexibility index (Phi) is 2.89. The maximum Gasteiger partial charge on any atom is 0.121 e. The second kappa shape index (κ2) is 4.15. The molecule has 2 rings (SSSR count). The minimum Gasteiger partial charge on any atom is -0.465 e. The Morgan fingerprint density at radius 1 is 1.57 bits per heavy atom. The van der Waals surface area contributed by atoms with Gasteiger partial charge in [-0.25, -0.2) is 0 Å². The van der Waals surface area contributed by atoms with Crippen LogP contribution < -0.4 is 11.1 Å². The molecular weight excluding hydrogens is 176 g/mol. The van der Waals surface area contributed by atoms with Crippen LogP contribution >= 0.6 is 0 Å². The van der Waals surface area contributed by atoms with Gasteiger partial charge < -0.3 is 15.5 Å². The summed E-state index contributed by atoms with van der Waals surface area (Å²) in [6.45, 7) is 3.78. The lowest BCUT2D eigenvalue weighted by atomic mass is 9.89. The normalized spacial score (nSPS) is 27.9. The predicted molar refractivity (Wildman–Crippen MR) is 56.0 cm³/mol. The number of aryl methyl sites for hydroxylation is 1. The first-order valence-electron chi connectivity index (χ1n) is 5.31. The molecule has 1 aliphatic rings. The summed E-state index contributed by atoms with van der Waals surface area (Å²) in [6, 6.07) is 4.39. The lowest BCUT2D eigenvalue weighted by molar-refractivity contribution is 0.254. The summed E-state index contributed by atoms with van der Waals surface area (Å²) in [6.07, 6.45) is 2.42. The molecule has 0 spiro atoms. The molecule has 1 aromatic heterocycles. The summed E-state index contributed by atoms with van der Waals surface area (Å²) in [7, 11) is 0. The molecule has 0 aromatic carbocycles. The van der Waals surface area contributed by atoms with E-state index in [2.05, 4.69) is 11.4 Å². The zero-order chi connectivity index (χ0) is 9.97. The molecule has 3 N–H and O–H groups in total. The molecule has 2 heterocycles. The monoisotopic (exact) mass is 194 g/mol. The molecule has 2 unspecified atom stereocenters. The van der Waals surface area contributed by atoms with E-state index in [9.17, 15) is 0 Å². The van der Waals surface area contributed by atoms with E-state index in [0.29, 0.717) is 12.0 Å². The molecule has 3 heteroatoms. The highest BCUT2D eigenvalue weighted by molar-refractivity contribution is 5.11. The van der Waals surface area contributed by atoms with Crippen molar-refractivity contribution in [3.63, 3.8) is 0 Å². The first kappa shape index (κ1) is 9.74. The Hall–Kier alpha value is -0.800. The zero-order valence-electron chi connectivity index (χ0n) is 8.62. The van der Waals surface area contributed by atoms with E-state index < -0.39 is 0 Å². The van der Waals surface area contributed by atoms with Gasteiger partial charge in [0.05, 0.1) is 6.04 Å². The second-order valence-electron chi connectivity index (χ2n) is 4.02. The van der Waals surface area contributed by atoms with E-state index in [0.717, 1.165) is 24.6 Å². The van der Waals surface area contributed by atoms with Crippen molar-refractivity contribution < 1.29 is 4.42 Å². The van der Waals surface area contributed by atoms with E-state index in [1.54, 1.807) is 0 Å². The molecule has 0 amide bonds. The van der Waals surface area contributed by atoms with Gasteiger partial charge in [-0.2, -0.15) is 0 Å². The van der Waals surface area contributed by atoms with Crippen LogP contribution in [0, 0.1) is 12.8 Å². The van der Waals surface area contributed by atoms with Crippen LogP contribution in [0.3, 0.4) is 0 Å². The van der Waals surface area contributed by atoms with Gasteiger partial charge in [-0.15, -0.1) is 0 Å². The maximum absolute atomic E-state index is 5.76. The molecular formula is C11H18N2O. The molecule has 2 atom stereocenters. The second-order valence-corrected chi connectivity index (χ2v) is 4.02. The van der Waals surface area contributed by atoms with Crippen molar-refractivity contribution in [1.82, 2.24) is 5.32 Å². The maximum atomic E-state index is 5.76. The third-order valence-corrected chi connectivity index (χ3v) is 2.96. The van der Waals surface area contributed by atoms with Crippen LogP contribution in [0.5, 0.6) is 0 Å². The summed E-state index contributed by atoms with van der Waals surface area (Å²) in [5.41, 5.74) is 5.76. The first-order valence-corrected chi connectivity index (χ1v) is 5.31. The van der Waals surface area contributed by atoms with E-state index in [1.807, 2.05) is 13.0 Å². The SMILES string of the molecule is Cc1ccc(C2NCCCC2CN)o1. The highest BCUT2D eigenvalue weighted by Gasteiger charge is 2.26. The van der Waals surface area contributed by atoms with Crippen LogP contribution in [0.15, 0.2) is 16.5 Å². The van der Waals surface area contributed by atoms with Crippen LogP contribution in [-0.4, -0.2) is 13.1 Å². The molecule has 0 radical (unpaired) electrons. The fourth-order valence-corrected chi connectivity index (χ4v) is 2.16. The number of hydrogen-bond donors (Lipinski definition) is 2. The number of nitrogens with two attached hydrogens (primary N) is 1. The van der Waals surface area contributed by atoms with Crippen LogP contribution in [0.1, 0.15) is 30.4 Å². The molecule has 1 aromatic rings. The standard InChI is InChI=1S/C11H18N2O/c1-8-4-5-10(14-8)11-9(7-12)3-2-6-13-11/h4-5,9,11,13H,2-3,6-7,12H2,1H3. The van der Waals surface area contributed by atoms with Crippen LogP contribution in [-0.2, 0) is 0 Å². The van der Waals surface area contributed by atoms with Gasteiger partial charge in [0.15, 0.2) is 0 Å². The Labute approximate surface area is 84.7 Å². The van der Waals surface area contributed by atoms with Crippen molar-refractivity contribution in [2.45, 2.75) is 25.8 Å². The fraction of sp³-hybridized carbons (Fsp3) is 0.636. The topological polar surface area (TPSA) is 51.2 Å². The van der Waals surface area contributed by atoms with Gasteiger partial charge >= 0.3 is 0 Å². The van der Waals surface area contributed by atoms with Gasteiger partial charge in [0.1, 0.15) is 11.5 Å². The van der Waals surface area contributed by atoms with Gasteiger partial charge in [-0.1, -0.05) is 0 Å². The Bertz CT molecular complexity index is 295. The fourth-order valence-electron chi connectivity index (χ4n) is 2.16. The van der Waals surface area contributed by atoms with Crippen molar-refractivity contribution in [2.24, 2.45) is 11.7 Å². The van der Waals surface area contributed by atoms with E-state index in [-0.39, 0.29) is 0 Å². The number of rotatable bonds is 2. The number of furan rings is 1. The van der Waals surface area contributed by atoms with Gasteiger partial charge in [-0.05, 0) is 50.9 Å². The minimum absolute atomic E-state index is 0.322.